The van der Waals surface area contributed by atoms with Crippen molar-refractivity contribution in [1.82, 2.24) is 14.9 Å². The maximum absolute atomic E-state index is 14.5. The molecule has 5 rings (SSSR count). The molecule has 3 N–H and O–H groups in total. The van der Waals surface area contributed by atoms with E-state index in [4.69, 9.17) is 4.74 Å². The molecule has 1 aromatic carbocycles. The number of aromatic nitrogens is 2. The third kappa shape index (κ3) is 5.46. The number of nitrogens with zero attached hydrogens (tertiary/aromatic N) is 3. The van der Waals surface area contributed by atoms with E-state index in [0.717, 1.165) is 38.4 Å². The van der Waals surface area contributed by atoms with Crippen LogP contribution in [0, 0.1) is 5.82 Å². The van der Waals surface area contributed by atoms with E-state index < -0.39 is 18.5 Å². The molecule has 0 unspecified atom stereocenters. The monoisotopic (exact) mass is 507 g/mol. The van der Waals surface area contributed by atoms with E-state index in [1.54, 1.807) is 6.07 Å². The van der Waals surface area contributed by atoms with Gasteiger partial charge in [0.1, 0.15) is 6.10 Å². The molecule has 36 heavy (non-hydrogen) atoms. The van der Waals surface area contributed by atoms with Crippen molar-refractivity contribution in [2.24, 2.45) is 0 Å². The summed E-state index contributed by atoms with van der Waals surface area (Å²) in [6.07, 6.45) is 5.36. The van der Waals surface area contributed by atoms with Crippen molar-refractivity contribution in [3.8, 4) is 11.5 Å². The molecule has 0 radical (unpaired) electrons. The number of anilines is 3. The molecular weight excluding hydrogens is 475 g/mol. The number of fused-ring (bicyclic) bond motifs is 1. The van der Waals surface area contributed by atoms with Gasteiger partial charge in [-0.3, -0.25) is 4.90 Å². The molecule has 0 spiro atoms. The van der Waals surface area contributed by atoms with E-state index in [2.05, 4.69) is 44.1 Å². The number of hydrogen-bond acceptors (Lipinski definition) is 8. The largest absolute Gasteiger partial charge is 0.486 e. The van der Waals surface area contributed by atoms with Gasteiger partial charge in [-0.05, 0) is 51.7 Å². The molecule has 0 amide bonds. The van der Waals surface area contributed by atoms with Crippen LogP contribution in [0.25, 0.3) is 0 Å². The number of alkyl halides is 2. The fourth-order valence-electron chi connectivity index (χ4n) is 5.45. The summed E-state index contributed by atoms with van der Waals surface area (Å²) in [4.78, 5) is 10.8. The Bertz CT molecular complexity index is 1080. The normalized spacial score (nSPS) is 27.3. The maximum atomic E-state index is 14.5. The predicted molar refractivity (Wildman–Crippen MR) is 128 cm³/mol. The van der Waals surface area contributed by atoms with Crippen LogP contribution >= 0.6 is 0 Å². The number of rotatable bonds is 8. The second-order valence-corrected chi connectivity index (χ2v) is 10.5. The third-order valence-electron chi connectivity index (χ3n) is 7.45. The van der Waals surface area contributed by atoms with Crippen LogP contribution in [0.4, 0.5) is 30.6 Å². The highest BCUT2D eigenvalue weighted by atomic mass is 19.3. The van der Waals surface area contributed by atoms with Crippen molar-refractivity contribution in [3.05, 3.63) is 30.2 Å². The second kappa shape index (κ2) is 9.93. The lowest BCUT2D eigenvalue weighted by molar-refractivity contribution is -0.0557. The highest BCUT2D eigenvalue weighted by molar-refractivity contribution is 5.60. The first-order valence-corrected chi connectivity index (χ1v) is 12.4. The third-order valence-corrected chi connectivity index (χ3v) is 7.45. The van der Waals surface area contributed by atoms with Crippen LogP contribution in [0.5, 0.6) is 11.5 Å². The summed E-state index contributed by atoms with van der Waals surface area (Å²) in [5.74, 6) is -0.319. The van der Waals surface area contributed by atoms with E-state index in [1.807, 2.05) is 0 Å². The lowest BCUT2D eigenvalue weighted by Crippen LogP contribution is -2.50. The zero-order chi connectivity index (χ0) is 25.4. The minimum Gasteiger partial charge on any atom is -0.486 e. The maximum Gasteiger partial charge on any atom is 0.387 e. The standard InChI is InChI=1S/C25H32F3N5O3/c1-25(2)7-5-16-9-15(6-8-33(16)25)30-22-19(26)13-29-24(32-22)31-14-3-4-20(21(10-14)36-23(27)28)35-18-11-17(34)12-18/h3-4,10,13,15-18,23,34H,5-9,11-12H2,1-2H3,(H2,29,30,31,32)/t15-,16-,17?,18?/m0/s1. The number of aliphatic hydroxyl groups excluding tert-OH is 1. The zero-order valence-corrected chi connectivity index (χ0v) is 20.4. The summed E-state index contributed by atoms with van der Waals surface area (Å²) >= 11 is 0. The fraction of sp³-hybridized carbons (Fsp3) is 0.600. The van der Waals surface area contributed by atoms with Gasteiger partial charge in [-0.1, -0.05) is 0 Å². The van der Waals surface area contributed by atoms with Crippen LogP contribution in [0.3, 0.4) is 0 Å². The number of benzene rings is 1. The highest BCUT2D eigenvalue weighted by Crippen LogP contribution is 2.39. The summed E-state index contributed by atoms with van der Waals surface area (Å²) < 4.78 is 50.8. The molecule has 2 saturated heterocycles. The van der Waals surface area contributed by atoms with Crippen molar-refractivity contribution in [3.63, 3.8) is 0 Å². The van der Waals surface area contributed by atoms with Crippen molar-refractivity contribution in [2.75, 3.05) is 17.2 Å². The number of aliphatic hydroxyl groups is 1. The molecule has 3 aliphatic rings. The average molecular weight is 508 g/mol. The number of piperidine rings is 1. The Labute approximate surface area is 208 Å². The minimum absolute atomic E-state index is 0.102. The van der Waals surface area contributed by atoms with Crippen molar-refractivity contribution in [2.45, 2.75) is 88.8 Å². The molecule has 3 fully saturated rings. The topological polar surface area (TPSA) is 91.8 Å². The van der Waals surface area contributed by atoms with Gasteiger partial charge in [0.25, 0.3) is 0 Å². The summed E-state index contributed by atoms with van der Waals surface area (Å²) in [7, 11) is 0. The van der Waals surface area contributed by atoms with Gasteiger partial charge in [0.2, 0.25) is 5.95 Å². The first-order chi connectivity index (χ1) is 17.2. The fourth-order valence-corrected chi connectivity index (χ4v) is 5.45. The van der Waals surface area contributed by atoms with E-state index in [-0.39, 0.29) is 40.9 Å². The molecule has 3 heterocycles. The smallest absolute Gasteiger partial charge is 0.387 e. The first-order valence-electron chi connectivity index (χ1n) is 12.4. The van der Waals surface area contributed by atoms with E-state index in [1.165, 1.54) is 12.1 Å². The number of ether oxygens (including phenoxy) is 2. The predicted octanol–water partition coefficient (Wildman–Crippen LogP) is 4.68. The Balaban J connectivity index is 1.26. The molecule has 0 bridgehead atoms. The van der Waals surface area contributed by atoms with Crippen molar-refractivity contribution < 1.29 is 27.8 Å². The van der Waals surface area contributed by atoms with Gasteiger partial charge in [0.15, 0.2) is 23.1 Å². The molecule has 8 nitrogen and oxygen atoms in total. The Kier molecular flexibility index (Phi) is 6.86. The van der Waals surface area contributed by atoms with Gasteiger partial charge in [-0.2, -0.15) is 13.8 Å². The average Bonchev–Trinajstić information content (AvgIpc) is 3.10. The molecule has 196 valence electrons. The molecule has 1 aromatic heterocycles. The van der Waals surface area contributed by atoms with Gasteiger partial charge in [-0.15, -0.1) is 0 Å². The zero-order valence-electron chi connectivity index (χ0n) is 20.4. The van der Waals surface area contributed by atoms with Crippen molar-refractivity contribution >= 4 is 17.5 Å². The lowest BCUT2D eigenvalue weighted by atomic mass is 9.92. The van der Waals surface area contributed by atoms with Gasteiger partial charge < -0.3 is 25.2 Å². The highest BCUT2D eigenvalue weighted by Gasteiger charge is 2.42. The molecule has 2 aliphatic heterocycles. The Hall–Kier alpha value is -2.79. The summed E-state index contributed by atoms with van der Waals surface area (Å²) in [6, 6.07) is 5.05. The van der Waals surface area contributed by atoms with Gasteiger partial charge in [0, 0.05) is 48.8 Å². The summed E-state index contributed by atoms with van der Waals surface area (Å²) in [5, 5.41) is 15.6. The van der Waals surface area contributed by atoms with Crippen LogP contribution in [0.1, 0.15) is 52.4 Å². The molecule has 1 saturated carbocycles. The summed E-state index contributed by atoms with van der Waals surface area (Å²) in [6.45, 7) is 2.46. The SMILES string of the molecule is CC1(C)CC[C@H]2C[C@@H](Nc3nc(Nc4ccc(OC5CC(O)C5)c(OC(F)F)c4)ncc3F)CCN21. The van der Waals surface area contributed by atoms with Gasteiger partial charge in [0.05, 0.1) is 12.3 Å². The van der Waals surface area contributed by atoms with Gasteiger partial charge in [-0.25, -0.2) is 9.37 Å². The Morgan fingerprint density at radius 3 is 2.72 bits per heavy atom. The Morgan fingerprint density at radius 2 is 1.97 bits per heavy atom. The van der Waals surface area contributed by atoms with Crippen LogP contribution in [-0.4, -0.2) is 63.0 Å². The minimum atomic E-state index is -3.04. The Morgan fingerprint density at radius 1 is 1.17 bits per heavy atom. The summed E-state index contributed by atoms with van der Waals surface area (Å²) in [5.41, 5.74) is 0.588. The van der Waals surface area contributed by atoms with Crippen molar-refractivity contribution in [1.29, 1.82) is 0 Å². The van der Waals surface area contributed by atoms with Crippen LogP contribution < -0.4 is 20.1 Å². The van der Waals surface area contributed by atoms with Crippen LogP contribution in [-0.2, 0) is 0 Å². The molecule has 11 heteroatoms. The number of nitrogens with one attached hydrogen (secondary N) is 2. The van der Waals surface area contributed by atoms with E-state index >= 15 is 0 Å². The molecule has 1 aliphatic carbocycles. The molecular formula is C25H32F3N5O3. The van der Waals surface area contributed by atoms with E-state index in [0.29, 0.717) is 24.6 Å². The lowest BCUT2D eigenvalue weighted by Gasteiger charge is -2.42. The molecule has 2 aromatic rings. The second-order valence-electron chi connectivity index (χ2n) is 10.5. The number of halogens is 3. The first kappa shape index (κ1) is 24.9. The molecule has 2 atom stereocenters. The number of hydrogen-bond donors (Lipinski definition) is 3. The van der Waals surface area contributed by atoms with E-state index in [9.17, 15) is 18.3 Å². The van der Waals surface area contributed by atoms with Gasteiger partial charge >= 0.3 is 6.61 Å². The van der Waals surface area contributed by atoms with Crippen LogP contribution in [0.15, 0.2) is 24.4 Å². The quantitative estimate of drug-likeness (QED) is 0.475. The van der Waals surface area contributed by atoms with Crippen LogP contribution in [0.2, 0.25) is 0 Å².